The first kappa shape index (κ1) is 15.9. The van der Waals surface area contributed by atoms with Gasteiger partial charge in [-0.3, -0.25) is 4.68 Å². The normalized spacial score (nSPS) is 16.9. The summed E-state index contributed by atoms with van der Waals surface area (Å²) in [6.45, 7) is 1.62. The molecule has 1 aliphatic heterocycles. The van der Waals surface area contributed by atoms with Gasteiger partial charge in [0, 0.05) is 31.2 Å². The van der Waals surface area contributed by atoms with Gasteiger partial charge >= 0.3 is 5.76 Å². The van der Waals surface area contributed by atoms with E-state index in [-0.39, 0.29) is 4.90 Å². The Morgan fingerprint density at radius 3 is 2.30 bits per heavy atom. The summed E-state index contributed by atoms with van der Waals surface area (Å²) in [5.41, 5.74) is 0.845. The van der Waals surface area contributed by atoms with Crippen molar-refractivity contribution in [1.82, 2.24) is 9.78 Å². The summed E-state index contributed by atoms with van der Waals surface area (Å²) in [6.07, 6.45) is 5.57. The predicted molar refractivity (Wildman–Crippen MR) is 82.3 cm³/mol. The van der Waals surface area contributed by atoms with Crippen molar-refractivity contribution in [3.8, 4) is 0 Å². The molecule has 0 amide bonds. The van der Waals surface area contributed by atoms with Gasteiger partial charge < -0.3 is 4.90 Å². The van der Waals surface area contributed by atoms with E-state index in [1.54, 1.807) is 18.3 Å². The first-order valence-corrected chi connectivity index (χ1v) is 8.89. The number of halogens is 2. The quantitative estimate of drug-likeness (QED) is 0.858. The van der Waals surface area contributed by atoms with E-state index < -0.39 is 15.6 Å². The summed E-state index contributed by atoms with van der Waals surface area (Å²) < 4.78 is 49.8. The van der Waals surface area contributed by atoms with Crippen LogP contribution in [0.15, 0.2) is 47.6 Å². The number of sulfone groups is 1. The first-order chi connectivity index (χ1) is 11.0. The Labute approximate surface area is 133 Å². The molecule has 0 unspecified atom stereocenters. The van der Waals surface area contributed by atoms with Gasteiger partial charge in [-0.2, -0.15) is 13.9 Å². The van der Waals surface area contributed by atoms with E-state index >= 15 is 0 Å². The number of rotatable bonds is 4. The number of alkyl halides is 2. The summed E-state index contributed by atoms with van der Waals surface area (Å²) >= 11 is 0. The molecular formula is C15H17F2N3O2S. The van der Waals surface area contributed by atoms with E-state index in [1.165, 1.54) is 12.1 Å². The molecule has 0 spiro atoms. The Kier molecular flexibility index (Phi) is 4.34. The third-order valence-electron chi connectivity index (χ3n) is 4.13. The lowest BCUT2D eigenvalue weighted by atomic mass is 10.0. The maximum atomic E-state index is 12.5. The molecule has 5 nitrogen and oxygen atoms in total. The van der Waals surface area contributed by atoms with Crippen LogP contribution >= 0.6 is 0 Å². The Morgan fingerprint density at radius 1 is 1.13 bits per heavy atom. The lowest BCUT2D eigenvalue weighted by Crippen LogP contribution is -2.34. The van der Waals surface area contributed by atoms with Gasteiger partial charge in [0.15, 0.2) is 0 Å². The van der Waals surface area contributed by atoms with Crippen LogP contribution in [-0.4, -0.2) is 37.0 Å². The van der Waals surface area contributed by atoms with Crippen LogP contribution in [0.2, 0.25) is 0 Å². The Balaban J connectivity index is 1.67. The zero-order valence-corrected chi connectivity index (χ0v) is 13.2. The third kappa shape index (κ3) is 3.21. The van der Waals surface area contributed by atoms with Crippen LogP contribution in [0.3, 0.4) is 0 Å². The fourth-order valence-corrected chi connectivity index (χ4v) is 3.56. The fraction of sp³-hybridized carbons (Fsp3) is 0.400. The van der Waals surface area contributed by atoms with Crippen LogP contribution in [0.25, 0.3) is 0 Å². The van der Waals surface area contributed by atoms with E-state index in [9.17, 15) is 17.2 Å². The summed E-state index contributed by atoms with van der Waals surface area (Å²) in [5.74, 6) is -3.39. The van der Waals surface area contributed by atoms with Gasteiger partial charge in [0.25, 0.3) is 0 Å². The molecule has 1 aromatic heterocycles. The van der Waals surface area contributed by atoms with Crippen LogP contribution in [0.1, 0.15) is 18.9 Å². The highest BCUT2D eigenvalue weighted by molar-refractivity contribution is 7.91. The first-order valence-electron chi connectivity index (χ1n) is 7.34. The highest BCUT2D eigenvalue weighted by Gasteiger charge is 2.27. The molecule has 0 N–H and O–H groups in total. The molecule has 8 heteroatoms. The number of anilines is 1. The molecule has 124 valence electrons. The smallest absolute Gasteiger partial charge is 0.341 e. The van der Waals surface area contributed by atoms with Crippen LogP contribution in [0.4, 0.5) is 14.5 Å². The molecule has 0 aliphatic carbocycles. The topological polar surface area (TPSA) is 55.2 Å². The fourth-order valence-electron chi connectivity index (χ4n) is 2.83. The van der Waals surface area contributed by atoms with Crippen molar-refractivity contribution in [1.29, 1.82) is 0 Å². The average molecular weight is 341 g/mol. The SMILES string of the molecule is O=S(=O)(c1ccc(N2CCC(n3cccn3)CC2)cc1)C(F)F. The molecule has 1 fully saturated rings. The second-order valence-electron chi connectivity index (χ2n) is 5.50. The van der Waals surface area contributed by atoms with E-state index in [4.69, 9.17) is 0 Å². The predicted octanol–water partition coefficient (Wildman–Crippen LogP) is 2.72. The second kappa shape index (κ2) is 6.27. The van der Waals surface area contributed by atoms with E-state index in [1.807, 2.05) is 16.9 Å². The lowest BCUT2D eigenvalue weighted by Gasteiger charge is -2.33. The minimum absolute atomic E-state index is 0.345. The van der Waals surface area contributed by atoms with Crippen LogP contribution in [0, 0.1) is 0 Å². The number of piperidine rings is 1. The monoisotopic (exact) mass is 341 g/mol. The third-order valence-corrected chi connectivity index (χ3v) is 5.53. The number of nitrogens with zero attached hydrogens (tertiary/aromatic N) is 3. The molecule has 3 rings (SSSR count). The van der Waals surface area contributed by atoms with Crippen molar-refractivity contribution >= 4 is 15.5 Å². The largest absolute Gasteiger partial charge is 0.371 e. The van der Waals surface area contributed by atoms with E-state index in [2.05, 4.69) is 10.00 Å². The molecule has 0 saturated carbocycles. The molecule has 2 aromatic rings. The molecule has 0 radical (unpaired) electrons. The van der Waals surface area contributed by atoms with Crippen LogP contribution in [-0.2, 0) is 9.84 Å². The summed E-state index contributed by atoms with van der Waals surface area (Å²) in [5, 5.41) is 4.25. The number of hydrogen-bond donors (Lipinski definition) is 0. The van der Waals surface area contributed by atoms with Gasteiger partial charge in [-0.25, -0.2) is 8.42 Å². The summed E-state index contributed by atoms with van der Waals surface area (Å²) in [4.78, 5) is 1.78. The van der Waals surface area contributed by atoms with Crippen molar-refractivity contribution < 1.29 is 17.2 Å². The van der Waals surface area contributed by atoms with Crippen molar-refractivity contribution in [2.45, 2.75) is 29.5 Å². The summed E-state index contributed by atoms with van der Waals surface area (Å²) in [7, 11) is -4.53. The van der Waals surface area contributed by atoms with Gasteiger partial charge in [0.2, 0.25) is 9.84 Å². The van der Waals surface area contributed by atoms with Crippen LogP contribution in [0.5, 0.6) is 0 Å². The van der Waals surface area contributed by atoms with Crippen molar-refractivity contribution in [2.24, 2.45) is 0 Å². The number of benzene rings is 1. The van der Waals surface area contributed by atoms with Crippen LogP contribution < -0.4 is 4.90 Å². The van der Waals surface area contributed by atoms with Gasteiger partial charge in [-0.15, -0.1) is 0 Å². The molecule has 1 aromatic carbocycles. The van der Waals surface area contributed by atoms with Crippen molar-refractivity contribution in [3.05, 3.63) is 42.7 Å². The Hall–Kier alpha value is -1.96. The van der Waals surface area contributed by atoms with Crippen molar-refractivity contribution in [3.63, 3.8) is 0 Å². The maximum Gasteiger partial charge on any atom is 0.341 e. The van der Waals surface area contributed by atoms with Crippen molar-refractivity contribution in [2.75, 3.05) is 18.0 Å². The number of hydrogen-bond acceptors (Lipinski definition) is 4. The molecule has 0 bridgehead atoms. The minimum Gasteiger partial charge on any atom is -0.371 e. The number of aromatic nitrogens is 2. The Bertz CT molecular complexity index is 738. The van der Waals surface area contributed by atoms with Gasteiger partial charge in [-0.05, 0) is 43.2 Å². The Morgan fingerprint density at radius 2 is 1.78 bits per heavy atom. The molecule has 23 heavy (non-hydrogen) atoms. The molecule has 0 atom stereocenters. The maximum absolute atomic E-state index is 12.5. The van der Waals surface area contributed by atoms with E-state index in [0.29, 0.717) is 6.04 Å². The summed E-state index contributed by atoms with van der Waals surface area (Å²) in [6, 6.07) is 7.92. The molecule has 1 saturated heterocycles. The van der Waals surface area contributed by atoms with Gasteiger partial charge in [0.05, 0.1) is 10.9 Å². The highest BCUT2D eigenvalue weighted by atomic mass is 32.2. The zero-order valence-electron chi connectivity index (χ0n) is 12.3. The zero-order chi connectivity index (χ0) is 16.4. The minimum atomic E-state index is -4.53. The lowest BCUT2D eigenvalue weighted by molar-refractivity contribution is 0.234. The molecule has 1 aliphatic rings. The standard InChI is InChI=1S/C15H17F2N3O2S/c16-15(17)23(21,22)14-4-2-12(3-5-14)19-10-6-13(7-11-19)20-9-1-8-18-20/h1-5,8-9,13,15H,6-7,10-11H2. The molecule has 2 heterocycles. The second-order valence-corrected chi connectivity index (χ2v) is 7.42. The molecular weight excluding hydrogens is 324 g/mol. The highest BCUT2D eigenvalue weighted by Crippen LogP contribution is 2.27. The average Bonchev–Trinajstić information content (AvgIpc) is 3.09. The van der Waals surface area contributed by atoms with E-state index in [0.717, 1.165) is 31.6 Å². The van der Waals surface area contributed by atoms with Gasteiger partial charge in [-0.1, -0.05) is 0 Å². The van der Waals surface area contributed by atoms with Gasteiger partial charge in [0.1, 0.15) is 0 Å².